The van der Waals surface area contributed by atoms with Gasteiger partial charge in [0.1, 0.15) is 0 Å². The van der Waals surface area contributed by atoms with Gasteiger partial charge in [-0.2, -0.15) is 0 Å². The summed E-state index contributed by atoms with van der Waals surface area (Å²) in [4.78, 5) is 11.3. The van der Waals surface area contributed by atoms with E-state index in [0.717, 1.165) is 12.0 Å². The Labute approximate surface area is 111 Å². The lowest BCUT2D eigenvalue weighted by Gasteiger charge is -2.04. The van der Waals surface area contributed by atoms with Gasteiger partial charge in [0.05, 0.1) is 0 Å². The van der Waals surface area contributed by atoms with Gasteiger partial charge in [-0.15, -0.1) is 0 Å². The van der Waals surface area contributed by atoms with Crippen molar-refractivity contribution in [2.24, 2.45) is 11.8 Å². The second-order valence-corrected chi connectivity index (χ2v) is 4.84. The summed E-state index contributed by atoms with van der Waals surface area (Å²) in [7, 11) is 0. The number of carbonyl (C=O) groups is 1. The molecular formula is C14H17N3O2. The molecule has 1 amide bonds. The molecule has 0 aliphatic rings. The lowest BCUT2D eigenvalue weighted by atomic mass is 10.0. The van der Waals surface area contributed by atoms with Crippen LogP contribution in [0.3, 0.4) is 0 Å². The molecule has 19 heavy (non-hydrogen) atoms. The maximum Gasteiger partial charge on any atom is 0.287 e. The third-order valence-corrected chi connectivity index (χ3v) is 2.76. The molecule has 5 nitrogen and oxygen atoms in total. The zero-order valence-electron chi connectivity index (χ0n) is 11.0. The van der Waals surface area contributed by atoms with Crippen LogP contribution >= 0.6 is 0 Å². The molecule has 1 aromatic carbocycles. The third-order valence-electron chi connectivity index (χ3n) is 2.76. The van der Waals surface area contributed by atoms with Gasteiger partial charge in [0, 0.05) is 11.6 Å². The van der Waals surface area contributed by atoms with Crippen LogP contribution < -0.4 is 11.3 Å². The molecule has 0 spiro atoms. The Hall–Kier alpha value is -2.14. The highest BCUT2D eigenvalue weighted by Crippen LogP contribution is 2.21. The number of nitrogens with zero attached hydrogens (tertiary/aromatic N) is 1. The van der Waals surface area contributed by atoms with Gasteiger partial charge in [0.25, 0.3) is 5.91 Å². The summed E-state index contributed by atoms with van der Waals surface area (Å²) in [6, 6.07) is 9.60. The molecule has 0 saturated carbocycles. The van der Waals surface area contributed by atoms with E-state index in [0.29, 0.717) is 11.7 Å². The van der Waals surface area contributed by atoms with Gasteiger partial charge in [-0.05, 0) is 17.9 Å². The zero-order chi connectivity index (χ0) is 13.8. The SMILES string of the molecule is CC(C)Cc1ccc(-c2cc(C(=O)NN)no2)cc1. The van der Waals surface area contributed by atoms with Gasteiger partial charge in [-0.3, -0.25) is 10.2 Å². The number of hydrogen-bond acceptors (Lipinski definition) is 4. The van der Waals surface area contributed by atoms with Gasteiger partial charge in [-0.25, -0.2) is 5.84 Å². The molecule has 1 heterocycles. The summed E-state index contributed by atoms with van der Waals surface area (Å²) in [5.41, 5.74) is 4.35. The van der Waals surface area contributed by atoms with Crippen LogP contribution in [0.4, 0.5) is 0 Å². The lowest BCUT2D eigenvalue weighted by Crippen LogP contribution is -2.30. The molecule has 0 radical (unpaired) electrons. The molecule has 2 rings (SSSR count). The Morgan fingerprint density at radius 3 is 2.63 bits per heavy atom. The Morgan fingerprint density at radius 1 is 1.37 bits per heavy atom. The molecule has 0 fully saturated rings. The minimum Gasteiger partial charge on any atom is -0.355 e. The van der Waals surface area contributed by atoms with Crippen molar-refractivity contribution in [1.29, 1.82) is 0 Å². The molecule has 0 aliphatic heterocycles. The van der Waals surface area contributed by atoms with E-state index in [1.807, 2.05) is 17.6 Å². The number of nitrogens with two attached hydrogens (primary N) is 1. The minimum atomic E-state index is -0.466. The van der Waals surface area contributed by atoms with Crippen LogP contribution in [0, 0.1) is 5.92 Å². The van der Waals surface area contributed by atoms with Crippen molar-refractivity contribution >= 4 is 5.91 Å². The summed E-state index contributed by atoms with van der Waals surface area (Å²) < 4.78 is 5.13. The number of benzene rings is 1. The number of nitrogens with one attached hydrogen (secondary N) is 1. The number of amides is 1. The Bertz CT molecular complexity index is 558. The Balaban J connectivity index is 2.18. The van der Waals surface area contributed by atoms with Crippen LogP contribution in [-0.2, 0) is 6.42 Å². The highest BCUT2D eigenvalue weighted by atomic mass is 16.5. The number of hydrazine groups is 1. The van der Waals surface area contributed by atoms with Crippen molar-refractivity contribution in [3.8, 4) is 11.3 Å². The molecule has 0 atom stereocenters. The predicted molar refractivity (Wildman–Crippen MR) is 72.1 cm³/mol. The van der Waals surface area contributed by atoms with Crippen molar-refractivity contribution in [3.63, 3.8) is 0 Å². The van der Waals surface area contributed by atoms with E-state index in [2.05, 4.69) is 31.1 Å². The fourth-order valence-electron chi connectivity index (χ4n) is 1.87. The molecule has 0 saturated heterocycles. The van der Waals surface area contributed by atoms with Crippen molar-refractivity contribution in [3.05, 3.63) is 41.6 Å². The van der Waals surface area contributed by atoms with Crippen molar-refractivity contribution in [1.82, 2.24) is 10.6 Å². The van der Waals surface area contributed by atoms with E-state index >= 15 is 0 Å². The summed E-state index contributed by atoms with van der Waals surface area (Å²) in [6.07, 6.45) is 1.04. The number of carbonyl (C=O) groups excluding carboxylic acids is 1. The number of hydrogen-bond donors (Lipinski definition) is 2. The van der Waals surface area contributed by atoms with Crippen LogP contribution in [0.2, 0.25) is 0 Å². The van der Waals surface area contributed by atoms with E-state index in [1.165, 1.54) is 5.56 Å². The maximum absolute atomic E-state index is 11.3. The molecule has 0 unspecified atom stereocenters. The van der Waals surface area contributed by atoms with Crippen LogP contribution in [0.15, 0.2) is 34.9 Å². The van der Waals surface area contributed by atoms with E-state index in [4.69, 9.17) is 10.4 Å². The third kappa shape index (κ3) is 3.20. The van der Waals surface area contributed by atoms with Crippen molar-refractivity contribution < 1.29 is 9.32 Å². The van der Waals surface area contributed by atoms with Crippen LogP contribution in [0.1, 0.15) is 29.9 Å². The van der Waals surface area contributed by atoms with Gasteiger partial charge < -0.3 is 4.52 Å². The fraction of sp³-hybridized carbons (Fsp3) is 0.286. The topological polar surface area (TPSA) is 81.2 Å². The average Bonchev–Trinajstić information content (AvgIpc) is 2.87. The monoisotopic (exact) mass is 259 g/mol. The van der Waals surface area contributed by atoms with E-state index in [9.17, 15) is 4.79 Å². The summed E-state index contributed by atoms with van der Waals surface area (Å²) in [5, 5.41) is 3.67. The summed E-state index contributed by atoms with van der Waals surface area (Å²) in [5.74, 6) is 5.74. The van der Waals surface area contributed by atoms with Gasteiger partial charge >= 0.3 is 0 Å². The standard InChI is InChI=1S/C14H17N3O2/c1-9(2)7-10-3-5-11(6-4-10)13-8-12(17-19-13)14(18)16-15/h3-6,8-9H,7,15H2,1-2H3,(H,16,18). The maximum atomic E-state index is 11.3. The van der Waals surface area contributed by atoms with Gasteiger partial charge in [-0.1, -0.05) is 43.3 Å². The second kappa shape index (κ2) is 5.67. The van der Waals surface area contributed by atoms with Crippen LogP contribution in [0.25, 0.3) is 11.3 Å². The molecule has 0 bridgehead atoms. The highest BCUT2D eigenvalue weighted by Gasteiger charge is 2.12. The molecule has 5 heteroatoms. The van der Waals surface area contributed by atoms with Crippen molar-refractivity contribution in [2.75, 3.05) is 0 Å². The quantitative estimate of drug-likeness (QED) is 0.501. The smallest absolute Gasteiger partial charge is 0.287 e. The fourth-order valence-corrected chi connectivity index (χ4v) is 1.87. The molecule has 3 N–H and O–H groups in total. The van der Waals surface area contributed by atoms with E-state index in [1.54, 1.807) is 6.07 Å². The first kappa shape index (κ1) is 13.3. The molecule has 2 aromatic rings. The van der Waals surface area contributed by atoms with Crippen molar-refractivity contribution in [2.45, 2.75) is 20.3 Å². The zero-order valence-corrected chi connectivity index (χ0v) is 11.0. The summed E-state index contributed by atoms with van der Waals surface area (Å²) in [6.45, 7) is 4.37. The van der Waals surface area contributed by atoms with Gasteiger partial charge in [0.15, 0.2) is 11.5 Å². The predicted octanol–water partition coefficient (Wildman–Crippen LogP) is 2.14. The molecule has 0 aliphatic carbocycles. The first-order valence-electron chi connectivity index (χ1n) is 6.17. The Kier molecular flexibility index (Phi) is 3.97. The second-order valence-electron chi connectivity index (χ2n) is 4.84. The normalized spacial score (nSPS) is 10.7. The van der Waals surface area contributed by atoms with Gasteiger partial charge in [0.2, 0.25) is 0 Å². The molecular weight excluding hydrogens is 242 g/mol. The van der Waals surface area contributed by atoms with Crippen LogP contribution in [0.5, 0.6) is 0 Å². The van der Waals surface area contributed by atoms with Crippen LogP contribution in [-0.4, -0.2) is 11.1 Å². The first-order chi connectivity index (χ1) is 9.10. The lowest BCUT2D eigenvalue weighted by molar-refractivity contribution is 0.0944. The number of rotatable bonds is 4. The number of nitrogen functional groups attached to an aromatic ring is 1. The Morgan fingerprint density at radius 2 is 2.05 bits per heavy atom. The first-order valence-corrected chi connectivity index (χ1v) is 6.17. The van der Waals surface area contributed by atoms with E-state index in [-0.39, 0.29) is 5.69 Å². The highest BCUT2D eigenvalue weighted by molar-refractivity contribution is 5.92. The minimum absolute atomic E-state index is 0.170. The molecule has 1 aromatic heterocycles. The summed E-state index contributed by atoms with van der Waals surface area (Å²) >= 11 is 0. The van der Waals surface area contributed by atoms with E-state index < -0.39 is 5.91 Å². The average molecular weight is 259 g/mol. The largest absolute Gasteiger partial charge is 0.355 e. The molecule has 100 valence electrons. The number of aromatic nitrogens is 1.